The fraction of sp³-hybridized carbons (Fsp3) is 0.136. The minimum absolute atomic E-state index is 0.936. The number of nitrogens with one attached hydrogen (secondary N) is 1. The Bertz CT molecular complexity index is 1220. The summed E-state index contributed by atoms with van der Waals surface area (Å²) in [5.41, 5.74) is 4.73. The topological polar surface area (TPSA) is 29.9 Å². The maximum Gasteiger partial charge on any atom is 0.188 e. The zero-order valence-corrected chi connectivity index (χ0v) is 15.4. The Morgan fingerprint density at radius 1 is 0.923 bits per heavy atom. The molecule has 0 aliphatic heterocycles. The van der Waals surface area contributed by atoms with E-state index in [2.05, 4.69) is 65.3 Å². The Morgan fingerprint density at radius 2 is 1.73 bits per heavy atom. The highest BCUT2D eigenvalue weighted by molar-refractivity contribution is 7.23. The number of anilines is 2. The van der Waals surface area contributed by atoms with E-state index in [4.69, 9.17) is 4.98 Å². The summed E-state index contributed by atoms with van der Waals surface area (Å²) in [6.45, 7) is 3.26. The molecule has 0 spiro atoms. The summed E-state index contributed by atoms with van der Waals surface area (Å²) >= 11 is 1.73. The van der Waals surface area contributed by atoms with Gasteiger partial charge in [-0.3, -0.25) is 0 Å². The molecule has 3 nitrogen and oxygen atoms in total. The molecule has 0 radical (unpaired) electrons. The van der Waals surface area contributed by atoms with E-state index in [1.165, 1.54) is 26.5 Å². The van der Waals surface area contributed by atoms with Gasteiger partial charge in [0.05, 0.1) is 15.7 Å². The van der Waals surface area contributed by atoms with Crippen molar-refractivity contribution in [2.24, 2.45) is 0 Å². The number of benzene rings is 3. The van der Waals surface area contributed by atoms with Gasteiger partial charge in [-0.1, -0.05) is 54.7 Å². The van der Waals surface area contributed by atoms with Crippen molar-refractivity contribution in [3.63, 3.8) is 0 Å². The average Bonchev–Trinajstić information content (AvgIpc) is 3.22. The van der Waals surface area contributed by atoms with Crippen LogP contribution in [0.5, 0.6) is 0 Å². The smallest absolute Gasteiger partial charge is 0.188 e. The number of thiazole rings is 1. The number of nitrogens with zero attached hydrogens (tertiary/aromatic N) is 2. The maximum atomic E-state index is 4.82. The summed E-state index contributed by atoms with van der Waals surface area (Å²) in [6.07, 6.45) is 1.12. The average molecular weight is 357 g/mol. The monoisotopic (exact) mass is 357 g/mol. The van der Waals surface area contributed by atoms with E-state index in [0.29, 0.717) is 0 Å². The Morgan fingerprint density at radius 3 is 2.58 bits per heavy atom. The summed E-state index contributed by atoms with van der Waals surface area (Å²) in [7, 11) is 0. The third-order valence-corrected chi connectivity index (χ3v) is 5.77. The normalized spacial score (nSPS) is 11.6. The van der Waals surface area contributed by atoms with Crippen molar-refractivity contribution in [2.75, 3.05) is 5.32 Å². The van der Waals surface area contributed by atoms with Crippen LogP contribution in [0.2, 0.25) is 0 Å². The van der Waals surface area contributed by atoms with Crippen LogP contribution in [-0.2, 0) is 6.54 Å². The summed E-state index contributed by atoms with van der Waals surface area (Å²) < 4.78 is 3.70. The van der Waals surface area contributed by atoms with Gasteiger partial charge in [-0.25, -0.2) is 4.98 Å². The van der Waals surface area contributed by atoms with Gasteiger partial charge in [0, 0.05) is 28.5 Å². The van der Waals surface area contributed by atoms with Crippen LogP contribution in [0.3, 0.4) is 0 Å². The first-order chi connectivity index (χ1) is 12.8. The van der Waals surface area contributed by atoms with E-state index in [-0.39, 0.29) is 0 Å². The van der Waals surface area contributed by atoms with Crippen molar-refractivity contribution in [2.45, 2.75) is 19.9 Å². The molecule has 128 valence electrons. The predicted octanol–water partition coefficient (Wildman–Crippen LogP) is 6.56. The minimum Gasteiger partial charge on any atom is -0.340 e. The van der Waals surface area contributed by atoms with Crippen LogP contribution in [-0.4, -0.2) is 9.55 Å². The highest BCUT2D eigenvalue weighted by Crippen LogP contribution is 2.39. The van der Waals surface area contributed by atoms with E-state index in [9.17, 15) is 0 Å². The Kier molecular flexibility index (Phi) is 3.64. The van der Waals surface area contributed by atoms with Gasteiger partial charge in [0.15, 0.2) is 5.13 Å². The quantitative estimate of drug-likeness (QED) is 0.395. The molecule has 0 amide bonds. The highest BCUT2D eigenvalue weighted by atomic mass is 32.1. The Hall–Kier alpha value is -2.85. The molecule has 1 N–H and O–H groups in total. The van der Waals surface area contributed by atoms with Gasteiger partial charge < -0.3 is 9.88 Å². The van der Waals surface area contributed by atoms with Gasteiger partial charge >= 0.3 is 0 Å². The van der Waals surface area contributed by atoms with E-state index in [0.717, 1.165) is 29.3 Å². The second-order valence-corrected chi connectivity index (χ2v) is 7.49. The number of hydrogen-bond donors (Lipinski definition) is 1. The standard InChI is InChI=1S/C22H19N3S/c1-2-14-25-18-11-7-6-10-16(18)20-19(25)13-12-17-21(20)26-22(24-17)23-15-8-4-3-5-9-15/h3-13H,2,14H2,1H3,(H,23,24). The molecule has 5 aromatic rings. The molecule has 0 aliphatic rings. The summed E-state index contributed by atoms with van der Waals surface area (Å²) in [5, 5.41) is 7.02. The zero-order valence-electron chi connectivity index (χ0n) is 14.6. The van der Waals surface area contributed by atoms with Crippen LogP contribution in [0.25, 0.3) is 32.0 Å². The molecule has 0 atom stereocenters. The third-order valence-electron chi connectivity index (χ3n) is 4.76. The lowest BCUT2D eigenvalue weighted by atomic mass is 10.1. The van der Waals surface area contributed by atoms with Crippen LogP contribution in [0.1, 0.15) is 13.3 Å². The molecule has 0 unspecified atom stereocenters. The molecule has 4 heteroatoms. The van der Waals surface area contributed by atoms with Crippen molar-refractivity contribution < 1.29 is 0 Å². The van der Waals surface area contributed by atoms with Crippen molar-refractivity contribution in [1.82, 2.24) is 9.55 Å². The molecule has 5 rings (SSSR count). The highest BCUT2D eigenvalue weighted by Gasteiger charge is 2.15. The molecule has 26 heavy (non-hydrogen) atoms. The molecule has 0 fully saturated rings. The second-order valence-electron chi connectivity index (χ2n) is 6.49. The predicted molar refractivity (Wildman–Crippen MR) is 113 cm³/mol. The van der Waals surface area contributed by atoms with Gasteiger partial charge in [-0.15, -0.1) is 0 Å². The van der Waals surface area contributed by atoms with Gasteiger partial charge in [0.2, 0.25) is 0 Å². The molecule has 0 saturated carbocycles. The first-order valence-electron chi connectivity index (χ1n) is 8.97. The van der Waals surface area contributed by atoms with E-state index in [1.807, 2.05) is 18.2 Å². The van der Waals surface area contributed by atoms with Crippen LogP contribution < -0.4 is 5.32 Å². The molecular formula is C22H19N3S. The minimum atomic E-state index is 0.936. The van der Waals surface area contributed by atoms with Crippen molar-refractivity contribution in [1.29, 1.82) is 0 Å². The fourth-order valence-electron chi connectivity index (χ4n) is 3.68. The molecule has 2 aromatic heterocycles. The van der Waals surface area contributed by atoms with Crippen LogP contribution >= 0.6 is 11.3 Å². The van der Waals surface area contributed by atoms with Crippen molar-refractivity contribution in [3.8, 4) is 0 Å². The first kappa shape index (κ1) is 15.4. The van der Waals surface area contributed by atoms with Gasteiger partial charge in [0.25, 0.3) is 0 Å². The van der Waals surface area contributed by atoms with Gasteiger partial charge in [0.1, 0.15) is 0 Å². The lowest BCUT2D eigenvalue weighted by molar-refractivity contribution is 0.724. The largest absolute Gasteiger partial charge is 0.340 e. The van der Waals surface area contributed by atoms with Crippen LogP contribution in [0.4, 0.5) is 10.8 Å². The number of para-hydroxylation sites is 2. The van der Waals surface area contributed by atoms with Gasteiger partial charge in [-0.05, 0) is 36.8 Å². The number of aryl methyl sites for hydroxylation is 1. The first-order valence-corrected chi connectivity index (χ1v) is 9.79. The van der Waals surface area contributed by atoms with Crippen LogP contribution in [0.15, 0.2) is 66.7 Å². The second kappa shape index (κ2) is 6.15. The fourth-order valence-corrected chi connectivity index (χ4v) is 4.72. The molecule has 0 aliphatic carbocycles. The Balaban J connectivity index is 1.75. The molecule has 0 saturated heterocycles. The Labute approximate surface area is 155 Å². The molecule has 0 bridgehead atoms. The number of aromatic nitrogens is 2. The third kappa shape index (κ3) is 2.37. The van der Waals surface area contributed by atoms with Crippen molar-refractivity contribution >= 4 is 54.2 Å². The molecule has 2 heterocycles. The maximum absolute atomic E-state index is 4.82. The van der Waals surface area contributed by atoms with Gasteiger partial charge in [-0.2, -0.15) is 0 Å². The van der Waals surface area contributed by atoms with E-state index >= 15 is 0 Å². The lowest BCUT2D eigenvalue weighted by Crippen LogP contribution is -1.95. The number of hydrogen-bond acceptors (Lipinski definition) is 3. The van der Waals surface area contributed by atoms with Crippen LogP contribution in [0, 0.1) is 0 Å². The summed E-state index contributed by atoms with van der Waals surface area (Å²) in [6, 6.07) is 23.3. The summed E-state index contributed by atoms with van der Waals surface area (Å²) in [4.78, 5) is 4.82. The molecular weight excluding hydrogens is 338 g/mol. The van der Waals surface area contributed by atoms with E-state index in [1.54, 1.807) is 11.3 Å². The lowest BCUT2D eigenvalue weighted by Gasteiger charge is -2.04. The zero-order chi connectivity index (χ0) is 17.5. The SMILES string of the molecule is CCCn1c2ccccc2c2c3sc(Nc4ccccc4)nc3ccc21. The van der Waals surface area contributed by atoms with Crippen molar-refractivity contribution in [3.05, 3.63) is 66.7 Å². The molecule has 3 aromatic carbocycles. The number of rotatable bonds is 4. The number of fused-ring (bicyclic) bond motifs is 5. The van der Waals surface area contributed by atoms with E-state index < -0.39 is 0 Å². The summed E-state index contributed by atoms with van der Waals surface area (Å²) in [5.74, 6) is 0.